The van der Waals surface area contributed by atoms with Gasteiger partial charge in [-0.05, 0) is 48.5 Å². The summed E-state index contributed by atoms with van der Waals surface area (Å²) in [5.74, 6) is 1.68. The SMILES string of the molecule is COc1cccc(C(=O)Oc2ccc(Oc3ccccn3)cc2)c1. The summed E-state index contributed by atoms with van der Waals surface area (Å²) < 4.78 is 16.0. The van der Waals surface area contributed by atoms with Crippen molar-refractivity contribution in [1.29, 1.82) is 0 Å². The zero-order valence-corrected chi connectivity index (χ0v) is 13.0. The van der Waals surface area contributed by atoms with Gasteiger partial charge in [0.15, 0.2) is 0 Å². The van der Waals surface area contributed by atoms with Gasteiger partial charge < -0.3 is 14.2 Å². The Hall–Kier alpha value is -3.34. The van der Waals surface area contributed by atoms with Crippen molar-refractivity contribution >= 4 is 5.97 Å². The molecule has 1 heterocycles. The normalized spacial score (nSPS) is 10.0. The summed E-state index contributed by atoms with van der Waals surface area (Å²) in [6.45, 7) is 0. The second-order valence-electron chi connectivity index (χ2n) is 4.86. The van der Waals surface area contributed by atoms with Crippen molar-refractivity contribution in [3.63, 3.8) is 0 Å². The highest BCUT2D eigenvalue weighted by molar-refractivity contribution is 5.91. The van der Waals surface area contributed by atoms with Crippen molar-refractivity contribution in [1.82, 2.24) is 4.98 Å². The smallest absolute Gasteiger partial charge is 0.343 e. The molecule has 1 aromatic heterocycles. The fourth-order valence-corrected chi connectivity index (χ4v) is 2.02. The molecular formula is C19H15NO4. The van der Waals surface area contributed by atoms with E-state index in [1.807, 2.05) is 12.1 Å². The number of hydrogen-bond donors (Lipinski definition) is 0. The van der Waals surface area contributed by atoms with Crippen LogP contribution in [0.15, 0.2) is 72.9 Å². The predicted octanol–water partition coefficient (Wildman–Crippen LogP) is 4.10. The lowest BCUT2D eigenvalue weighted by Gasteiger charge is -2.07. The van der Waals surface area contributed by atoms with Crippen molar-refractivity contribution in [2.45, 2.75) is 0 Å². The summed E-state index contributed by atoms with van der Waals surface area (Å²) >= 11 is 0. The first-order valence-electron chi connectivity index (χ1n) is 7.30. The van der Waals surface area contributed by atoms with Gasteiger partial charge in [0.05, 0.1) is 12.7 Å². The molecule has 0 bridgehead atoms. The van der Waals surface area contributed by atoms with E-state index in [0.29, 0.717) is 28.7 Å². The molecule has 0 spiro atoms. The van der Waals surface area contributed by atoms with Crippen molar-refractivity contribution in [2.75, 3.05) is 7.11 Å². The molecule has 2 aromatic carbocycles. The highest BCUT2D eigenvalue weighted by Gasteiger charge is 2.09. The van der Waals surface area contributed by atoms with Crippen LogP contribution in [0, 0.1) is 0 Å². The van der Waals surface area contributed by atoms with E-state index in [4.69, 9.17) is 14.2 Å². The van der Waals surface area contributed by atoms with Crippen LogP contribution in [-0.2, 0) is 0 Å². The predicted molar refractivity (Wildman–Crippen MR) is 88.7 cm³/mol. The molecule has 0 aliphatic heterocycles. The minimum absolute atomic E-state index is 0.420. The monoisotopic (exact) mass is 321 g/mol. The van der Waals surface area contributed by atoms with Crippen LogP contribution in [0.5, 0.6) is 23.1 Å². The highest BCUT2D eigenvalue weighted by atomic mass is 16.5. The van der Waals surface area contributed by atoms with Crippen LogP contribution in [-0.4, -0.2) is 18.1 Å². The van der Waals surface area contributed by atoms with Crippen molar-refractivity contribution in [2.24, 2.45) is 0 Å². The summed E-state index contributed by atoms with van der Waals surface area (Å²) in [5.41, 5.74) is 0.420. The molecular weight excluding hydrogens is 306 g/mol. The summed E-state index contributed by atoms with van der Waals surface area (Å²) in [6, 6.07) is 19.0. The number of esters is 1. The van der Waals surface area contributed by atoms with E-state index < -0.39 is 5.97 Å². The maximum Gasteiger partial charge on any atom is 0.343 e. The van der Waals surface area contributed by atoms with E-state index in [2.05, 4.69) is 4.98 Å². The number of hydrogen-bond acceptors (Lipinski definition) is 5. The molecule has 24 heavy (non-hydrogen) atoms. The standard InChI is InChI=1S/C19H15NO4/c1-22-17-6-4-5-14(13-17)19(21)24-16-10-8-15(9-11-16)23-18-7-2-3-12-20-18/h2-13H,1H3. The number of nitrogens with zero attached hydrogens (tertiary/aromatic N) is 1. The zero-order valence-electron chi connectivity index (χ0n) is 13.0. The number of benzene rings is 2. The molecule has 5 nitrogen and oxygen atoms in total. The molecule has 3 aromatic rings. The molecule has 0 unspecified atom stereocenters. The van der Waals surface area contributed by atoms with Gasteiger partial charge in [-0.1, -0.05) is 12.1 Å². The summed E-state index contributed by atoms with van der Waals surface area (Å²) in [6.07, 6.45) is 1.65. The van der Waals surface area contributed by atoms with Crippen molar-refractivity contribution < 1.29 is 19.0 Å². The average Bonchev–Trinajstić information content (AvgIpc) is 2.64. The number of methoxy groups -OCH3 is 1. The van der Waals surface area contributed by atoms with Crippen LogP contribution in [0.3, 0.4) is 0 Å². The van der Waals surface area contributed by atoms with E-state index in [0.717, 1.165) is 0 Å². The molecule has 0 amide bonds. The lowest BCUT2D eigenvalue weighted by molar-refractivity contribution is 0.0734. The van der Waals surface area contributed by atoms with Crippen LogP contribution >= 0.6 is 0 Å². The molecule has 0 saturated carbocycles. The molecule has 0 radical (unpaired) electrons. The fraction of sp³-hybridized carbons (Fsp3) is 0.0526. The minimum atomic E-state index is -0.452. The largest absolute Gasteiger partial charge is 0.497 e. The molecule has 0 aliphatic rings. The quantitative estimate of drug-likeness (QED) is 0.523. The van der Waals surface area contributed by atoms with Gasteiger partial charge in [-0.2, -0.15) is 0 Å². The topological polar surface area (TPSA) is 57.7 Å². The van der Waals surface area contributed by atoms with Crippen molar-refractivity contribution in [3.8, 4) is 23.1 Å². The maximum atomic E-state index is 12.1. The van der Waals surface area contributed by atoms with Gasteiger partial charge in [-0.3, -0.25) is 0 Å². The summed E-state index contributed by atoms with van der Waals surface area (Å²) in [4.78, 5) is 16.2. The molecule has 120 valence electrons. The van der Waals surface area contributed by atoms with Crippen LogP contribution in [0.2, 0.25) is 0 Å². The van der Waals surface area contributed by atoms with Gasteiger partial charge in [0.2, 0.25) is 5.88 Å². The first kappa shape index (κ1) is 15.6. The van der Waals surface area contributed by atoms with Gasteiger partial charge in [-0.25, -0.2) is 9.78 Å². The molecule has 0 fully saturated rings. The van der Waals surface area contributed by atoms with E-state index in [9.17, 15) is 4.79 Å². The number of rotatable bonds is 5. The molecule has 0 aliphatic carbocycles. The third-order valence-corrected chi connectivity index (χ3v) is 3.20. The van der Waals surface area contributed by atoms with E-state index in [1.165, 1.54) is 0 Å². The molecule has 0 saturated heterocycles. The lowest BCUT2D eigenvalue weighted by atomic mass is 10.2. The van der Waals surface area contributed by atoms with E-state index >= 15 is 0 Å². The van der Waals surface area contributed by atoms with Crippen LogP contribution < -0.4 is 14.2 Å². The zero-order chi connectivity index (χ0) is 16.8. The Morgan fingerprint density at radius 1 is 0.875 bits per heavy atom. The Kier molecular flexibility index (Phi) is 4.72. The third kappa shape index (κ3) is 3.89. The van der Waals surface area contributed by atoms with Crippen LogP contribution in [0.4, 0.5) is 0 Å². The highest BCUT2D eigenvalue weighted by Crippen LogP contribution is 2.23. The van der Waals surface area contributed by atoms with Gasteiger partial charge in [0.25, 0.3) is 0 Å². The third-order valence-electron chi connectivity index (χ3n) is 3.20. The van der Waals surface area contributed by atoms with Gasteiger partial charge in [-0.15, -0.1) is 0 Å². The van der Waals surface area contributed by atoms with Crippen LogP contribution in [0.1, 0.15) is 10.4 Å². The van der Waals surface area contributed by atoms with Gasteiger partial charge in [0, 0.05) is 12.3 Å². The Balaban J connectivity index is 1.66. The Morgan fingerprint density at radius 3 is 2.38 bits per heavy atom. The Bertz CT molecular complexity index is 816. The second-order valence-corrected chi connectivity index (χ2v) is 4.86. The number of pyridine rings is 1. The van der Waals surface area contributed by atoms with Gasteiger partial charge >= 0.3 is 5.97 Å². The summed E-state index contributed by atoms with van der Waals surface area (Å²) in [7, 11) is 1.55. The first-order chi connectivity index (χ1) is 11.7. The fourth-order valence-electron chi connectivity index (χ4n) is 2.02. The van der Waals surface area contributed by atoms with E-state index in [1.54, 1.807) is 67.9 Å². The number of carbonyl (C=O) groups is 1. The Morgan fingerprint density at radius 2 is 1.67 bits per heavy atom. The number of ether oxygens (including phenoxy) is 3. The number of carbonyl (C=O) groups excluding carboxylic acids is 1. The van der Waals surface area contributed by atoms with Gasteiger partial charge in [0.1, 0.15) is 17.2 Å². The second kappa shape index (κ2) is 7.28. The minimum Gasteiger partial charge on any atom is -0.497 e. The Labute approximate surface area is 139 Å². The first-order valence-corrected chi connectivity index (χ1v) is 7.30. The summed E-state index contributed by atoms with van der Waals surface area (Å²) in [5, 5.41) is 0. The number of aromatic nitrogens is 1. The van der Waals surface area contributed by atoms with E-state index in [-0.39, 0.29) is 0 Å². The van der Waals surface area contributed by atoms with Crippen LogP contribution in [0.25, 0.3) is 0 Å². The molecule has 5 heteroatoms. The lowest BCUT2D eigenvalue weighted by Crippen LogP contribution is -2.08. The average molecular weight is 321 g/mol. The van der Waals surface area contributed by atoms with Crippen molar-refractivity contribution in [3.05, 3.63) is 78.5 Å². The molecule has 3 rings (SSSR count). The molecule has 0 N–H and O–H groups in total. The molecule has 0 atom stereocenters. The maximum absolute atomic E-state index is 12.1.